The summed E-state index contributed by atoms with van der Waals surface area (Å²) in [5.41, 5.74) is 3.36. The zero-order valence-corrected chi connectivity index (χ0v) is 18.6. The maximum absolute atomic E-state index is 12.6. The van der Waals surface area contributed by atoms with E-state index in [2.05, 4.69) is 44.5 Å². The third-order valence-corrected chi connectivity index (χ3v) is 5.92. The number of rotatable bonds is 3. The third kappa shape index (κ3) is 6.56. The molecule has 13 heteroatoms. The van der Waals surface area contributed by atoms with Gasteiger partial charge in [-0.1, -0.05) is 29.8 Å². The highest BCUT2D eigenvalue weighted by Crippen LogP contribution is 2.38. The Morgan fingerprint density at radius 1 is 1.03 bits per heavy atom. The lowest BCUT2D eigenvalue weighted by atomic mass is 10.0. The summed E-state index contributed by atoms with van der Waals surface area (Å²) < 4.78 is 69.6. The molecular weight excluding hydrogens is 486 g/mol. The highest BCUT2D eigenvalue weighted by molar-refractivity contribution is 7.17. The molecule has 34 heavy (non-hydrogen) atoms. The van der Waals surface area contributed by atoms with Gasteiger partial charge in [0.2, 0.25) is 0 Å². The molecular formula is C21H20F6N4O2S. The Bertz CT molecular complexity index is 1120. The standard InChI is InChI=1S/C19H19F3N4S.C2HF3O2/c1-13-2-4-14(5-3-13)15-10-27-18-16(15)17(23-12-24-18)26-8-6-25(7-9-26)11-19(20,21)22;3-2(4,5)1(6)7/h2-5,10,12H,6-9,11H2,1H3;(H,6,7). The number of nitrogens with zero attached hydrogens (tertiary/aromatic N) is 4. The van der Waals surface area contributed by atoms with E-state index in [1.165, 1.54) is 16.8 Å². The first kappa shape index (κ1) is 25.7. The molecule has 4 rings (SSSR count). The van der Waals surface area contributed by atoms with Gasteiger partial charge in [0.25, 0.3) is 0 Å². The first-order chi connectivity index (χ1) is 15.8. The van der Waals surface area contributed by atoms with E-state index >= 15 is 0 Å². The maximum Gasteiger partial charge on any atom is 0.490 e. The minimum atomic E-state index is -5.08. The summed E-state index contributed by atoms with van der Waals surface area (Å²) in [4.78, 5) is 22.2. The second-order valence-electron chi connectivity index (χ2n) is 7.57. The average molecular weight is 506 g/mol. The molecule has 0 bridgehead atoms. The lowest BCUT2D eigenvalue weighted by Crippen LogP contribution is -2.49. The first-order valence-electron chi connectivity index (χ1n) is 9.98. The molecule has 2 aromatic heterocycles. The van der Waals surface area contributed by atoms with Crippen molar-refractivity contribution in [3.05, 3.63) is 41.5 Å². The lowest BCUT2D eigenvalue weighted by molar-refractivity contribution is -0.192. The van der Waals surface area contributed by atoms with Gasteiger partial charge < -0.3 is 10.0 Å². The van der Waals surface area contributed by atoms with E-state index in [-0.39, 0.29) is 0 Å². The molecule has 1 aliphatic rings. The van der Waals surface area contributed by atoms with Crippen LogP contribution in [0.1, 0.15) is 5.56 Å². The number of carboxylic acid groups (broad SMARTS) is 1. The normalized spacial score (nSPS) is 15.2. The number of thiophene rings is 1. The van der Waals surface area contributed by atoms with Crippen LogP contribution in [0.3, 0.4) is 0 Å². The van der Waals surface area contributed by atoms with Crippen LogP contribution in [0, 0.1) is 6.92 Å². The Hall–Kier alpha value is -2.93. The number of anilines is 1. The Morgan fingerprint density at radius 2 is 1.62 bits per heavy atom. The van der Waals surface area contributed by atoms with Gasteiger partial charge in [-0.2, -0.15) is 26.3 Å². The van der Waals surface area contributed by atoms with E-state index in [0.29, 0.717) is 26.2 Å². The predicted octanol–water partition coefficient (Wildman–Crippen LogP) is 4.98. The van der Waals surface area contributed by atoms with Gasteiger partial charge in [-0.25, -0.2) is 14.8 Å². The topological polar surface area (TPSA) is 69.6 Å². The molecule has 0 spiro atoms. The minimum absolute atomic E-state index is 0.370. The van der Waals surface area contributed by atoms with Crippen molar-refractivity contribution in [2.75, 3.05) is 37.6 Å². The van der Waals surface area contributed by atoms with Gasteiger partial charge in [-0.05, 0) is 12.5 Å². The SMILES string of the molecule is Cc1ccc(-c2csc3ncnc(N4CCN(CC(F)(F)F)CC4)c23)cc1.O=C(O)C(F)(F)F. The second kappa shape index (κ2) is 10.1. The molecule has 184 valence electrons. The zero-order valence-electron chi connectivity index (χ0n) is 17.8. The molecule has 0 unspecified atom stereocenters. The quantitative estimate of drug-likeness (QED) is 0.506. The summed E-state index contributed by atoms with van der Waals surface area (Å²) >= 11 is 1.56. The van der Waals surface area contributed by atoms with Crippen LogP contribution in [0.5, 0.6) is 0 Å². The number of piperazine rings is 1. The van der Waals surface area contributed by atoms with Crippen molar-refractivity contribution in [2.45, 2.75) is 19.3 Å². The molecule has 1 saturated heterocycles. The summed E-state index contributed by atoms with van der Waals surface area (Å²) in [5, 5.41) is 10.2. The Kier molecular flexibility index (Phi) is 7.66. The van der Waals surface area contributed by atoms with E-state index in [0.717, 1.165) is 27.2 Å². The summed E-state index contributed by atoms with van der Waals surface area (Å²) in [6.07, 6.45) is -7.70. The van der Waals surface area contributed by atoms with Gasteiger partial charge in [0.05, 0.1) is 11.9 Å². The number of carbonyl (C=O) groups is 1. The molecule has 0 aliphatic carbocycles. The van der Waals surface area contributed by atoms with Crippen molar-refractivity contribution < 1.29 is 36.2 Å². The zero-order chi connectivity index (χ0) is 25.1. The van der Waals surface area contributed by atoms with Crippen molar-refractivity contribution in [2.24, 2.45) is 0 Å². The number of halogens is 6. The minimum Gasteiger partial charge on any atom is -0.475 e. The van der Waals surface area contributed by atoms with Crippen molar-refractivity contribution >= 4 is 33.3 Å². The number of carboxylic acids is 1. The van der Waals surface area contributed by atoms with Crippen LogP contribution in [0.2, 0.25) is 0 Å². The van der Waals surface area contributed by atoms with Crippen molar-refractivity contribution in [3.63, 3.8) is 0 Å². The molecule has 0 atom stereocenters. The molecule has 6 nitrogen and oxygen atoms in total. The average Bonchev–Trinajstić information content (AvgIpc) is 3.18. The van der Waals surface area contributed by atoms with Gasteiger partial charge in [-0.3, -0.25) is 4.90 Å². The predicted molar refractivity (Wildman–Crippen MR) is 116 cm³/mol. The molecule has 0 saturated carbocycles. The van der Waals surface area contributed by atoms with Crippen LogP contribution in [0.15, 0.2) is 36.0 Å². The smallest absolute Gasteiger partial charge is 0.475 e. The fraction of sp³-hybridized carbons (Fsp3) is 0.381. The Balaban J connectivity index is 0.000000406. The third-order valence-electron chi connectivity index (χ3n) is 5.03. The number of fused-ring (bicyclic) bond motifs is 1. The molecule has 3 heterocycles. The van der Waals surface area contributed by atoms with E-state index in [1.54, 1.807) is 11.3 Å². The molecule has 1 aliphatic heterocycles. The van der Waals surface area contributed by atoms with Gasteiger partial charge in [0.15, 0.2) is 0 Å². The van der Waals surface area contributed by atoms with Crippen LogP contribution in [0.4, 0.5) is 32.2 Å². The maximum atomic E-state index is 12.6. The van der Waals surface area contributed by atoms with Crippen molar-refractivity contribution in [3.8, 4) is 11.1 Å². The lowest BCUT2D eigenvalue weighted by Gasteiger charge is -2.35. The number of alkyl halides is 6. The highest BCUT2D eigenvalue weighted by atomic mass is 32.1. The fourth-order valence-electron chi connectivity index (χ4n) is 3.42. The Labute approximate surface area is 194 Å². The molecule has 1 N–H and O–H groups in total. The van der Waals surface area contributed by atoms with Crippen molar-refractivity contribution in [1.29, 1.82) is 0 Å². The number of aliphatic carboxylic acids is 1. The van der Waals surface area contributed by atoms with E-state index in [1.807, 2.05) is 6.92 Å². The fourth-order valence-corrected chi connectivity index (χ4v) is 4.33. The number of aryl methyl sites for hydroxylation is 1. The van der Waals surface area contributed by atoms with Crippen LogP contribution in [-0.4, -0.2) is 71.0 Å². The van der Waals surface area contributed by atoms with E-state index in [4.69, 9.17) is 9.90 Å². The summed E-state index contributed by atoms with van der Waals surface area (Å²) in [6.45, 7) is 2.97. The van der Waals surface area contributed by atoms with Gasteiger partial charge in [-0.15, -0.1) is 11.3 Å². The van der Waals surface area contributed by atoms with Crippen LogP contribution >= 0.6 is 11.3 Å². The van der Waals surface area contributed by atoms with E-state index < -0.39 is 24.9 Å². The van der Waals surface area contributed by atoms with Gasteiger partial charge in [0, 0.05) is 37.1 Å². The molecule has 1 fully saturated rings. The molecule has 1 aromatic carbocycles. The van der Waals surface area contributed by atoms with Crippen LogP contribution in [-0.2, 0) is 4.79 Å². The molecule has 0 amide bonds. The van der Waals surface area contributed by atoms with E-state index in [9.17, 15) is 26.3 Å². The van der Waals surface area contributed by atoms with Crippen molar-refractivity contribution in [1.82, 2.24) is 14.9 Å². The number of hydrogen-bond acceptors (Lipinski definition) is 6. The molecule has 0 radical (unpaired) electrons. The number of aromatic nitrogens is 2. The van der Waals surface area contributed by atoms with Gasteiger partial charge >= 0.3 is 18.3 Å². The summed E-state index contributed by atoms with van der Waals surface area (Å²) in [5.74, 6) is -1.95. The summed E-state index contributed by atoms with van der Waals surface area (Å²) in [6, 6.07) is 8.29. The number of benzene rings is 1. The van der Waals surface area contributed by atoms with Crippen LogP contribution < -0.4 is 4.90 Å². The number of hydrogen-bond donors (Lipinski definition) is 1. The molecule has 3 aromatic rings. The monoisotopic (exact) mass is 506 g/mol. The summed E-state index contributed by atoms with van der Waals surface area (Å²) in [7, 11) is 0. The highest BCUT2D eigenvalue weighted by Gasteiger charge is 2.38. The largest absolute Gasteiger partial charge is 0.490 e. The second-order valence-corrected chi connectivity index (χ2v) is 8.43. The first-order valence-corrected chi connectivity index (χ1v) is 10.9. The van der Waals surface area contributed by atoms with Gasteiger partial charge in [0.1, 0.15) is 17.0 Å². The Morgan fingerprint density at radius 3 is 2.15 bits per heavy atom. The van der Waals surface area contributed by atoms with Crippen LogP contribution in [0.25, 0.3) is 21.3 Å².